The first-order valence-electron chi connectivity index (χ1n) is 6.12. The maximum atomic E-state index is 12.4. The van der Waals surface area contributed by atoms with E-state index in [2.05, 4.69) is 0 Å². The fourth-order valence-electron chi connectivity index (χ4n) is 2.34. The lowest BCUT2D eigenvalue weighted by atomic mass is 10.1. The molecule has 94 valence electrons. The predicted molar refractivity (Wildman–Crippen MR) is 70.3 cm³/mol. The number of rotatable bonds is 3. The minimum absolute atomic E-state index is 0.0940. The van der Waals surface area contributed by atoms with E-state index in [0.29, 0.717) is 6.54 Å². The van der Waals surface area contributed by atoms with Gasteiger partial charge in [-0.05, 0) is 25.0 Å². The molecule has 0 aliphatic heterocycles. The van der Waals surface area contributed by atoms with E-state index >= 15 is 0 Å². The summed E-state index contributed by atoms with van der Waals surface area (Å²) in [7, 11) is 1.79. The minimum Gasteiger partial charge on any atom is -0.462 e. The van der Waals surface area contributed by atoms with Gasteiger partial charge in [0, 0.05) is 19.0 Å². The molecule has 1 fully saturated rings. The maximum Gasteiger partial charge on any atom is 0.234 e. The van der Waals surface area contributed by atoms with Crippen molar-refractivity contribution in [3.05, 3.63) is 30.5 Å². The Morgan fingerprint density at radius 3 is 2.83 bits per heavy atom. The second-order valence-electron chi connectivity index (χ2n) is 4.97. The number of nitrogens with zero attached hydrogens (tertiary/aromatic N) is 1. The second kappa shape index (κ2) is 3.85. The Morgan fingerprint density at radius 1 is 1.44 bits per heavy atom. The average molecular weight is 244 g/mol. The van der Waals surface area contributed by atoms with Gasteiger partial charge in [-0.15, -0.1) is 0 Å². The Labute approximate surface area is 105 Å². The molecule has 1 aromatic heterocycles. The van der Waals surface area contributed by atoms with Crippen molar-refractivity contribution in [2.45, 2.75) is 12.8 Å². The van der Waals surface area contributed by atoms with Crippen LogP contribution in [0, 0.1) is 5.41 Å². The Balaban J connectivity index is 1.97. The SMILES string of the molecule is CN(C(=O)C1(CN)CC1)c1coc2ccccc12. The number of carbonyl (C=O) groups excluding carboxylic acids is 1. The molecule has 0 saturated heterocycles. The molecule has 18 heavy (non-hydrogen) atoms. The highest BCUT2D eigenvalue weighted by Crippen LogP contribution is 2.47. The van der Waals surface area contributed by atoms with Crippen molar-refractivity contribution in [2.75, 3.05) is 18.5 Å². The van der Waals surface area contributed by atoms with E-state index in [0.717, 1.165) is 29.5 Å². The first-order chi connectivity index (χ1) is 8.68. The van der Waals surface area contributed by atoms with Gasteiger partial charge in [-0.2, -0.15) is 0 Å². The van der Waals surface area contributed by atoms with E-state index in [1.165, 1.54) is 0 Å². The molecular formula is C14H16N2O2. The summed E-state index contributed by atoms with van der Waals surface area (Å²) in [5.74, 6) is 0.0940. The minimum atomic E-state index is -0.326. The second-order valence-corrected chi connectivity index (χ2v) is 4.97. The zero-order chi connectivity index (χ0) is 12.8. The van der Waals surface area contributed by atoms with Crippen LogP contribution in [0.15, 0.2) is 34.9 Å². The number of benzene rings is 1. The smallest absolute Gasteiger partial charge is 0.234 e. The van der Waals surface area contributed by atoms with E-state index in [1.807, 2.05) is 24.3 Å². The fourth-order valence-corrected chi connectivity index (χ4v) is 2.34. The lowest BCUT2D eigenvalue weighted by molar-refractivity contribution is -0.123. The number of carbonyl (C=O) groups is 1. The number of para-hydroxylation sites is 1. The summed E-state index contributed by atoms with van der Waals surface area (Å²) >= 11 is 0. The van der Waals surface area contributed by atoms with Crippen molar-refractivity contribution in [1.29, 1.82) is 0 Å². The summed E-state index contributed by atoms with van der Waals surface area (Å²) in [5, 5.41) is 0.959. The van der Waals surface area contributed by atoms with Crippen molar-refractivity contribution >= 4 is 22.6 Å². The number of nitrogens with two attached hydrogens (primary N) is 1. The van der Waals surface area contributed by atoms with Crippen LogP contribution in [0.4, 0.5) is 5.69 Å². The molecule has 0 bridgehead atoms. The molecule has 1 amide bonds. The van der Waals surface area contributed by atoms with Gasteiger partial charge in [-0.25, -0.2) is 0 Å². The molecule has 0 unspecified atom stereocenters. The van der Waals surface area contributed by atoms with Gasteiger partial charge in [0.25, 0.3) is 0 Å². The zero-order valence-corrected chi connectivity index (χ0v) is 10.3. The average Bonchev–Trinajstić information content (AvgIpc) is 3.10. The zero-order valence-electron chi connectivity index (χ0n) is 10.3. The first-order valence-corrected chi connectivity index (χ1v) is 6.12. The standard InChI is InChI=1S/C14H16N2O2/c1-16(13(17)14(9-15)6-7-14)11-8-18-12-5-3-2-4-10(11)12/h2-5,8H,6-7,9,15H2,1H3. The third kappa shape index (κ3) is 1.53. The fraction of sp³-hybridized carbons (Fsp3) is 0.357. The van der Waals surface area contributed by atoms with Crippen LogP contribution in [0.5, 0.6) is 0 Å². The number of anilines is 1. The van der Waals surface area contributed by atoms with Gasteiger partial charge in [0.05, 0.1) is 11.1 Å². The monoisotopic (exact) mass is 244 g/mol. The van der Waals surface area contributed by atoms with Crippen LogP contribution >= 0.6 is 0 Å². The van der Waals surface area contributed by atoms with Crippen LogP contribution in [0.25, 0.3) is 11.0 Å². The lowest BCUT2D eigenvalue weighted by Gasteiger charge is -2.21. The molecule has 1 aromatic carbocycles. The molecule has 0 spiro atoms. The van der Waals surface area contributed by atoms with Gasteiger partial charge in [-0.1, -0.05) is 12.1 Å². The van der Waals surface area contributed by atoms with Crippen molar-refractivity contribution in [1.82, 2.24) is 0 Å². The highest BCUT2D eigenvalue weighted by molar-refractivity contribution is 6.05. The molecule has 1 heterocycles. The van der Waals surface area contributed by atoms with Crippen LogP contribution in [0.2, 0.25) is 0 Å². The molecule has 2 aromatic rings. The van der Waals surface area contributed by atoms with Gasteiger partial charge in [0.15, 0.2) is 0 Å². The molecule has 0 atom stereocenters. The van der Waals surface area contributed by atoms with Crippen LogP contribution < -0.4 is 10.6 Å². The van der Waals surface area contributed by atoms with E-state index < -0.39 is 0 Å². The molecule has 4 nitrogen and oxygen atoms in total. The third-order valence-electron chi connectivity index (χ3n) is 3.82. The summed E-state index contributed by atoms with van der Waals surface area (Å²) < 4.78 is 5.46. The number of fused-ring (bicyclic) bond motifs is 1. The van der Waals surface area contributed by atoms with Crippen LogP contribution in [0.3, 0.4) is 0 Å². The number of furan rings is 1. The van der Waals surface area contributed by atoms with Gasteiger partial charge >= 0.3 is 0 Å². The number of hydrogen-bond acceptors (Lipinski definition) is 3. The van der Waals surface area contributed by atoms with Gasteiger partial charge in [-0.3, -0.25) is 4.79 Å². The van der Waals surface area contributed by atoms with E-state index in [4.69, 9.17) is 10.2 Å². The van der Waals surface area contributed by atoms with E-state index in [1.54, 1.807) is 18.2 Å². The molecule has 3 rings (SSSR count). The van der Waals surface area contributed by atoms with Crippen LogP contribution in [0.1, 0.15) is 12.8 Å². The molecule has 1 saturated carbocycles. The highest BCUT2D eigenvalue weighted by atomic mass is 16.3. The van der Waals surface area contributed by atoms with Crippen molar-refractivity contribution in [3.63, 3.8) is 0 Å². The molecular weight excluding hydrogens is 228 g/mol. The largest absolute Gasteiger partial charge is 0.462 e. The van der Waals surface area contributed by atoms with Gasteiger partial charge in [0.1, 0.15) is 11.8 Å². The van der Waals surface area contributed by atoms with Crippen LogP contribution in [-0.2, 0) is 4.79 Å². The maximum absolute atomic E-state index is 12.4. The van der Waals surface area contributed by atoms with Crippen LogP contribution in [-0.4, -0.2) is 19.5 Å². The van der Waals surface area contributed by atoms with Crippen molar-refractivity contribution in [2.24, 2.45) is 11.1 Å². The first kappa shape index (κ1) is 11.3. The number of hydrogen-bond donors (Lipinski definition) is 1. The Bertz CT molecular complexity index is 599. The summed E-state index contributed by atoms with van der Waals surface area (Å²) in [6.07, 6.45) is 3.42. The lowest BCUT2D eigenvalue weighted by Crippen LogP contribution is -2.38. The number of amides is 1. The highest BCUT2D eigenvalue weighted by Gasteiger charge is 2.50. The topological polar surface area (TPSA) is 59.5 Å². The van der Waals surface area contributed by atoms with E-state index in [9.17, 15) is 4.79 Å². The Hall–Kier alpha value is -1.81. The molecule has 1 aliphatic carbocycles. The quantitative estimate of drug-likeness (QED) is 0.899. The Morgan fingerprint density at radius 2 is 2.17 bits per heavy atom. The molecule has 4 heteroatoms. The van der Waals surface area contributed by atoms with E-state index in [-0.39, 0.29) is 11.3 Å². The normalized spacial score (nSPS) is 16.8. The summed E-state index contributed by atoms with van der Waals surface area (Å²) in [4.78, 5) is 14.1. The van der Waals surface area contributed by atoms with Crippen molar-refractivity contribution < 1.29 is 9.21 Å². The van der Waals surface area contributed by atoms with Gasteiger partial charge < -0.3 is 15.1 Å². The summed E-state index contributed by atoms with van der Waals surface area (Å²) in [6.45, 7) is 0.423. The third-order valence-corrected chi connectivity index (χ3v) is 3.82. The van der Waals surface area contributed by atoms with Gasteiger partial charge in [0.2, 0.25) is 5.91 Å². The molecule has 0 radical (unpaired) electrons. The summed E-state index contributed by atoms with van der Waals surface area (Å²) in [5.41, 5.74) is 6.99. The molecule has 2 N–H and O–H groups in total. The van der Waals surface area contributed by atoms with Crippen molar-refractivity contribution in [3.8, 4) is 0 Å². The predicted octanol–water partition coefficient (Wildman–Crippen LogP) is 2.13. The summed E-state index contributed by atoms with van der Waals surface area (Å²) in [6, 6.07) is 7.71. The molecule has 1 aliphatic rings. The Kier molecular flexibility index (Phi) is 2.41.